The first-order valence-corrected chi connectivity index (χ1v) is 10.9. The van der Waals surface area contributed by atoms with Crippen LogP contribution in [-0.2, 0) is 11.3 Å². The van der Waals surface area contributed by atoms with Gasteiger partial charge in [0.15, 0.2) is 11.5 Å². The van der Waals surface area contributed by atoms with Crippen molar-refractivity contribution in [1.82, 2.24) is 10.2 Å². The van der Waals surface area contributed by atoms with E-state index in [-0.39, 0.29) is 24.1 Å². The monoisotopic (exact) mass is 462 g/mol. The van der Waals surface area contributed by atoms with E-state index in [1.54, 1.807) is 26.4 Å². The normalized spacial score (nSPS) is 15.6. The lowest BCUT2D eigenvalue weighted by Gasteiger charge is -2.29. The highest BCUT2D eigenvalue weighted by atomic mass is 16.5. The minimum atomic E-state index is -0.400. The number of nitrogens with one attached hydrogen (secondary N) is 1. The highest BCUT2D eigenvalue weighted by Gasteiger charge is 2.30. The van der Waals surface area contributed by atoms with Crippen molar-refractivity contribution in [2.75, 3.05) is 19.5 Å². The second-order valence-corrected chi connectivity index (χ2v) is 7.85. The van der Waals surface area contributed by atoms with E-state index >= 15 is 0 Å². The fraction of sp³-hybridized carbons (Fsp3) is 0.280. The molecule has 2 heterocycles. The molecule has 1 unspecified atom stereocenters. The Balaban J connectivity index is 1.58. The quantitative estimate of drug-likeness (QED) is 0.540. The van der Waals surface area contributed by atoms with Crippen LogP contribution in [0.15, 0.2) is 64.4 Å². The predicted octanol–water partition coefficient (Wildman–Crippen LogP) is 4.11. The number of ether oxygens (including phenoxy) is 2. The number of hydrogen-bond acceptors (Lipinski definition) is 7. The number of hydrogen-bond donors (Lipinski definition) is 1. The molecular formula is C25H26N4O5. The van der Waals surface area contributed by atoms with E-state index in [2.05, 4.69) is 10.5 Å². The van der Waals surface area contributed by atoms with Crippen LogP contribution in [-0.4, -0.2) is 41.9 Å². The third-order valence-corrected chi connectivity index (χ3v) is 5.67. The summed E-state index contributed by atoms with van der Waals surface area (Å²) in [5.74, 6) is 0.917. The minimum absolute atomic E-state index is 0.00868. The van der Waals surface area contributed by atoms with Crippen molar-refractivity contribution < 1.29 is 23.6 Å². The number of benzene rings is 2. The average Bonchev–Trinajstić information content (AvgIpc) is 3.40. The van der Waals surface area contributed by atoms with Crippen LogP contribution in [0.4, 0.5) is 5.69 Å². The van der Waals surface area contributed by atoms with Gasteiger partial charge in [-0.05, 0) is 42.3 Å². The molecule has 1 aromatic heterocycles. The number of anilines is 1. The van der Waals surface area contributed by atoms with E-state index in [1.807, 2.05) is 37.3 Å². The zero-order valence-electron chi connectivity index (χ0n) is 19.3. The molecule has 2 aromatic carbocycles. The lowest BCUT2D eigenvalue weighted by atomic mass is 9.89. The topological polar surface area (TPSA) is 106 Å². The molecule has 4 rings (SSSR count). The summed E-state index contributed by atoms with van der Waals surface area (Å²) in [6, 6.07) is 14.4. The van der Waals surface area contributed by atoms with Gasteiger partial charge in [0.1, 0.15) is 0 Å². The Kier molecular flexibility index (Phi) is 6.91. The molecule has 2 amide bonds. The number of amides is 2. The van der Waals surface area contributed by atoms with Crippen LogP contribution in [0.2, 0.25) is 0 Å². The molecule has 9 nitrogen and oxygen atoms in total. The van der Waals surface area contributed by atoms with E-state index in [4.69, 9.17) is 19.1 Å². The fourth-order valence-corrected chi connectivity index (χ4v) is 3.88. The van der Waals surface area contributed by atoms with Crippen molar-refractivity contribution in [3.05, 3.63) is 71.6 Å². The van der Waals surface area contributed by atoms with Gasteiger partial charge in [-0.3, -0.25) is 9.59 Å². The summed E-state index contributed by atoms with van der Waals surface area (Å²) >= 11 is 0. The number of nitrogens with zero attached hydrogens (tertiary/aromatic N) is 3. The molecule has 34 heavy (non-hydrogen) atoms. The Morgan fingerprint density at radius 3 is 2.68 bits per heavy atom. The molecule has 0 radical (unpaired) electrons. The Bertz CT molecular complexity index is 1210. The largest absolute Gasteiger partial charge is 0.493 e. The zero-order valence-corrected chi connectivity index (χ0v) is 19.3. The minimum Gasteiger partial charge on any atom is -0.493 e. The molecule has 1 N–H and O–H groups in total. The summed E-state index contributed by atoms with van der Waals surface area (Å²) in [4.78, 5) is 25.1. The SMILES string of the molecule is CCC1CC(=O)N(Cc2cccc(NC(=O)c3ccno3)c2)N=C1c1ccc(OC)c(OC)c1. The lowest BCUT2D eigenvalue weighted by Crippen LogP contribution is -2.36. The van der Waals surface area contributed by atoms with E-state index in [9.17, 15) is 9.59 Å². The molecule has 0 fully saturated rings. The first-order chi connectivity index (χ1) is 16.5. The molecule has 1 atom stereocenters. The van der Waals surface area contributed by atoms with Crippen LogP contribution in [0.1, 0.15) is 41.4 Å². The molecule has 176 valence electrons. The number of carbonyl (C=O) groups excluding carboxylic acids is 2. The lowest BCUT2D eigenvalue weighted by molar-refractivity contribution is -0.133. The van der Waals surface area contributed by atoms with Gasteiger partial charge >= 0.3 is 0 Å². The summed E-state index contributed by atoms with van der Waals surface area (Å²) in [7, 11) is 3.18. The Hall–Kier alpha value is -4.14. The number of aromatic nitrogens is 1. The Morgan fingerprint density at radius 2 is 1.97 bits per heavy atom. The molecule has 0 saturated carbocycles. The van der Waals surface area contributed by atoms with E-state index in [0.29, 0.717) is 23.6 Å². The summed E-state index contributed by atoms with van der Waals surface area (Å²) < 4.78 is 15.7. The molecule has 1 aliphatic heterocycles. The maximum Gasteiger partial charge on any atom is 0.294 e. The highest BCUT2D eigenvalue weighted by Crippen LogP contribution is 2.31. The van der Waals surface area contributed by atoms with Crippen LogP contribution in [0, 0.1) is 5.92 Å². The van der Waals surface area contributed by atoms with Crippen LogP contribution in [0.25, 0.3) is 0 Å². The van der Waals surface area contributed by atoms with Crippen molar-refractivity contribution in [2.45, 2.75) is 26.3 Å². The zero-order chi connectivity index (χ0) is 24.1. The predicted molar refractivity (Wildman–Crippen MR) is 126 cm³/mol. The third-order valence-electron chi connectivity index (χ3n) is 5.67. The summed E-state index contributed by atoms with van der Waals surface area (Å²) in [6.07, 6.45) is 2.56. The maximum absolute atomic E-state index is 12.9. The molecule has 0 spiro atoms. The number of methoxy groups -OCH3 is 2. The summed E-state index contributed by atoms with van der Waals surface area (Å²) in [6.45, 7) is 2.32. The van der Waals surface area contributed by atoms with Crippen LogP contribution < -0.4 is 14.8 Å². The number of rotatable bonds is 8. The Labute approximate surface area is 197 Å². The van der Waals surface area contributed by atoms with Gasteiger partial charge in [-0.1, -0.05) is 24.2 Å². The van der Waals surface area contributed by atoms with E-state index < -0.39 is 5.91 Å². The van der Waals surface area contributed by atoms with E-state index in [0.717, 1.165) is 23.3 Å². The second-order valence-electron chi connectivity index (χ2n) is 7.85. The van der Waals surface area contributed by atoms with Crippen molar-refractivity contribution in [2.24, 2.45) is 11.0 Å². The molecule has 9 heteroatoms. The van der Waals surface area contributed by atoms with Gasteiger partial charge in [-0.2, -0.15) is 5.10 Å². The molecule has 0 saturated heterocycles. The molecule has 1 aliphatic rings. The van der Waals surface area contributed by atoms with E-state index in [1.165, 1.54) is 17.3 Å². The summed E-state index contributed by atoms with van der Waals surface area (Å²) in [5, 5.41) is 12.5. The summed E-state index contributed by atoms with van der Waals surface area (Å²) in [5.41, 5.74) is 3.13. The van der Waals surface area contributed by atoms with Gasteiger partial charge < -0.3 is 19.3 Å². The van der Waals surface area contributed by atoms with Crippen LogP contribution >= 0.6 is 0 Å². The van der Waals surface area contributed by atoms with Gasteiger partial charge in [0.2, 0.25) is 11.7 Å². The number of hydrazone groups is 1. The standard InChI is InChI=1S/C25H26N4O5/c1-4-17-14-23(30)29(28-24(17)18-8-9-20(32-2)22(13-18)33-3)15-16-6-5-7-19(12-16)27-25(31)21-10-11-26-34-21/h5-13,17H,4,14-15H2,1-3H3,(H,27,31). The highest BCUT2D eigenvalue weighted by molar-refractivity contribution is 6.06. The van der Waals surface area contributed by atoms with Gasteiger partial charge in [0.25, 0.3) is 5.91 Å². The average molecular weight is 463 g/mol. The molecule has 0 bridgehead atoms. The van der Waals surface area contributed by atoms with Crippen LogP contribution in [0.5, 0.6) is 11.5 Å². The number of carbonyl (C=O) groups is 2. The smallest absolute Gasteiger partial charge is 0.294 e. The first-order valence-electron chi connectivity index (χ1n) is 10.9. The second kappa shape index (κ2) is 10.2. The Morgan fingerprint density at radius 1 is 1.15 bits per heavy atom. The van der Waals surface area contributed by atoms with Crippen molar-refractivity contribution >= 4 is 23.2 Å². The van der Waals surface area contributed by atoms with Gasteiger partial charge in [0, 0.05) is 29.7 Å². The van der Waals surface area contributed by atoms with Crippen LogP contribution in [0.3, 0.4) is 0 Å². The van der Waals surface area contributed by atoms with Gasteiger partial charge in [0.05, 0.1) is 32.7 Å². The van der Waals surface area contributed by atoms with Gasteiger partial charge in [-0.15, -0.1) is 0 Å². The fourth-order valence-electron chi connectivity index (χ4n) is 3.88. The maximum atomic E-state index is 12.9. The molecule has 0 aliphatic carbocycles. The molecular weight excluding hydrogens is 436 g/mol. The van der Waals surface area contributed by atoms with Gasteiger partial charge in [-0.25, -0.2) is 5.01 Å². The third kappa shape index (κ3) is 4.93. The first kappa shape index (κ1) is 23.0. The van der Waals surface area contributed by atoms with Crippen molar-refractivity contribution in [3.63, 3.8) is 0 Å². The van der Waals surface area contributed by atoms with Crippen molar-refractivity contribution in [3.8, 4) is 11.5 Å². The molecule has 3 aromatic rings. The van der Waals surface area contributed by atoms with Crippen molar-refractivity contribution in [1.29, 1.82) is 0 Å².